The fourth-order valence-electron chi connectivity index (χ4n) is 3.12. The van der Waals surface area contributed by atoms with Crippen molar-refractivity contribution in [1.29, 1.82) is 0 Å². The molecule has 1 atom stereocenters. The number of hydrogen-bond acceptors (Lipinski definition) is 4. The second-order valence-electron chi connectivity index (χ2n) is 6.48. The van der Waals surface area contributed by atoms with Crippen molar-refractivity contribution in [2.75, 3.05) is 39.1 Å². The van der Waals surface area contributed by atoms with Crippen molar-refractivity contribution in [1.82, 2.24) is 10.2 Å². The van der Waals surface area contributed by atoms with Crippen LogP contribution in [0.15, 0.2) is 54.6 Å². The predicted octanol–water partition coefficient (Wildman–Crippen LogP) is 3.35. The summed E-state index contributed by atoms with van der Waals surface area (Å²) >= 11 is 1.78. The number of hydrogen-bond donors (Lipinski definition) is 1. The molecular weight excluding hydrogens is 344 g/mol. The van der Waals surface area contributed by atoms with E-state index in [0.29, 0.717) is 5.56 Å². The van der Waals surface area contributed by atoms with E-state index in [1.54, 1.807) is 11.8 Å². The third kappa shape index (κ3) is 5.34. The molecule has 1 fully saturated rings. The summed E-state index contributed by atoms with van der Waals surface area (Å²) in [6.07, 6.45) is 2.08. The Morgan fingerprint density at radius 2 is 1.81 bits per heavy atom. The van der Waals surface area contributed by atoms with Crippen LogP contribution in [0.4, 0.5) is 0 Å². The number of carbonyl (C=O) groups excluding carboxylic acids is 1. The molecule has 1 heterocycles. The lowest BCUT2D eigenvalue weighted by Crippen LogP contribution is -2.43. The minimum Gasteiger partial charge on any atom is -0.379 e. The van der Waals surface area contributed by atoms with Gasteiger partial charge in [0.2, 0.25) is 0 Å². The molecule has 2 aromatic carbocycles. The number of nitrogens with zero attached hydrogens (tertiary/aromatic N) is 1. The first-order chi connectivity index (χ1) is 12.8. The van der Waals surface area contributed by atoms with Gasteiger partial charge in [-0.15, -0.1) is 0 Å². The van der Waals surface area contributed by atoms with Crippen LogP contribution in [-0.2, 0) is 10.5 Å². The Kier molecular flexibility index (Phi) is 7.12. The van der Waals surface area contributed by atoms with E-state index < -0.39 is 0 Å². The third-order valence-corrected chi connectivity index (χ3v) is 5.20. The fraction of sp³-hybridized carbons (Fsp3) is 0.381. The van der Waals surface area contributed by atoms with Gasteiger partial charge in [0.05, 0.1) is 19.3 Å². The quantitative estimate of drug-likeness (QED) is 0.812. The smallest absolute Gasteiger partial charge is 0.251 e. The van der Waals surface area contributed by atoms with E-state index in [4.69, 9.17) is 4.74 Å². The monoisotopic (exact) mass is 370 g/mol. The molecule has 5 heteroatoms. The fourth-order valence-corrected chi connectivity index (χ4v) is 3.65. The number of ether oxygens (including phenoxy) is 1. The van der Waals surface area contributed by atoms with Gasteiger partial charge in [0.15, 0.2) is 0 Å². The topological polar surface area (TPSA) is 41.6 Å². The second-order valence-corrected chi connectivity index (χ2v) is 7.35. The van der Waals surface area contributed by atoms with Crippen molar-refractivity contribution in [3.05, 3.63) is 71.3 Å². The molecule has 0 saturated carbocycles. The maximum Gasteiger partial charge on any atom is 0.251 e. The molecule has 2 aromatic rings. The number of rotatable bonds is 7. The van der Waals surface area contributed by atoms with E-state index in [-0.39, 0.29) is 11.9 Å². The van der Waals surface area contributed by atoms with Crippen molar-refractivity contribution in [3.63, 3.8) is 0 Å². The van der Waals surface area contributed by atoms with Crippen LogP contribution in [0.5, 0.6) is 0 Å². The summed E-state index contributed by atoms with van der Waals surface area (Å²) in [7, 11) is 0. The van der Waals surface area contributed by atoms with Crippen LogP contribution in [0.1, 0.15) is 27.5 Å². The van der Waals surface area contributed by atoms with E-state index in [9.17, 15) is 4.79 Å². The standard InChI is InChI=1S/C21H26N2O2S/c1-26-16-17-7-9-19(10-8-17)21(24)22-20(18-5-3-2-4-6-18)15-23-11-13-25-14-12-23/h2-10,20H,11-16H2,1H3,(H,22,24)/t20-/m1/s1. The number of nitrogens with one attached hydrogen (secondary N) is 1. The summed E-state index contributed by atoms with van der Waals surface area (Å²) in [5.74, 6) is 0.939. The van der Waals surface area contributed by atoms with Gasteiger partial charge in [-0.2, -0.15) is 11.8 Å². The molecule has 26 heavy (non-hydrogen) atoms. The number of amides is 1. The lowest BCUT2D eigenvalue weighted by atomic mass is 10.0. The van der Waals surface area contributed by atoms with Gasteiger partial charge < -0.3 is 10.1 Å². The van der Waals surface area contributed by atoms with Gasteiger partial charge in [0, 0.05) is 31.0 Å². The summed E-state index contributed by atoms with van der Waals surface area (Å²) in [4.78, 5) is 15.1. The van der Waals surface area contributed by atoms with Crippen molar-refractivity contribution in [3.8, 4) is 0 Å². The molecule has 0 radical (unpaired) electrons. The van der Waals surface area contributed by atoms with Crippen LogP contribution in [0.3, 0.4) is 0 Å². The van der Waals surface area contributed by atoms with E-state index in [1.807, 2.05) is 42.5 Å². The number of morpholine rings is 1. The Bertz CT molecular complexity index is 685. The highest BCUT2D eigenvalue weighted by Gasteiger charge is 2.20. The molecule has 0 spiro atoms. The van der Waals surface area contributed by atoms with Crippen LogP contribution in [-0.4, -0.2) is 49.9 Å². The zero-order chi connectivity index (χ0) is 18.2. The number of carbonyl (C=O) groups is 1. The van der Waals surface area contributed by atoms with Crippen molar-refractivity contribution in [2.45, 2.75) is 11.8 Å². The molecule has 0 unspecified atom stereocenters. The summed E-state index contributed by atoms with van der Waals surface area (Å²) in [6.45, 7) is 4.12. The Balaban J connectivity index is 1.70. The van der Waals surface area contributed by atoms with Gasteiger partial charge in [-0.1, -0.05) is 42.5 Å². The second kappa shape index (κ2) is 9.76. The lowest BCUT2D eigenvalue weighted by molar-refractivity contribution is 0.0332. The van der Waals surface area contributed by atoms with Gasteiger partial charge in [0.1, 0.15) is 0 Å². The highest BCUT2D eigenvalue weighted by atomic mass is 32.2. The van der Waals surface area contributed by atoms with Gasteiger partial charge in [0.25, 0.3) is 5.91 Å². The SMILES string of the molecule is CSCc1ccc(C(=O)N[C@H](CN2CCOCC2)c2ccccc2)cc1. The highest BCUT2D eigenvalue weighted by Crippen LogP contribution is 2.17. The van der Waals surface area contributed by atoms with Crippen molar-refractivity contribution >= 4 is 17.7 Å². The maximum absolute atomic E-state index is 12.8. The molecule has 0 aromatic heterocycles. The van der Waals surface area contributed by atoms with Crippen LogP contribution in [0, 0.1) is 0 Å². The molecule has 1 amide bonds. The first-order valence-corrected chi connectivity index (χ1v) is 10.4. The molecule has 0 aliphatic carbocycles. The lowest BCUT2D eigenvalue weighted by Gasteiger charge is -2.31. The van der Waals surface area contributed by atoms with Crippen LogP contribution in [0.2, 0.25) is 0 Å². The minimum atomic E-state index is -0.0346. The molecule has 1 saturated heterocycles. The van der Waals surface area contributed by atoms with Gasteiger partial charge in [-0.3, -0.25) is 9.69 Å². The molecular formula is C21H26N2O2S. The van der Waals surface area contributed by atoms with E-state index in [0.717, 1.165) is 44.2 Å². The van der Waals surface area contributed by atoms with E-state index in [1.165, 1.54) is 5.56 Å². The van der Waals surface area contributed by atoms with Crippen LogP contribution < -0.4 is 5.32 Å². The molecule has 1 aliphatic heterocycles. The summed E-state index contributed by atoms with van der Waals surface area (Å²) in [5, 5.41) is 3.22. The molecule has 3 rings (SSSR count). The molecule has 0 bridgehead atoms. The maximum atomic E-state index is 12.8. The number of thioether (sulfide) groups is 1. The highest BCUT2D eigenvalue weighted by molar-refractivity contribution is 7.97. The van der Waals surface area contributed by atoms with Gasteiger partial charge >= 0.3 is 0 Å². The normalized spacial score (nSPS) is 16.2. The third-order valence-electron chi connectivity index (χ3n) is 4.58. The van der Waals surface area contributed by atoms with Crippen LogP contribution in [0.25, 0.3) is 0 Å². The first-order valence-electron chi connectivity index (χ1n) is 9.00. The summed E-state index contributed by atoms with van der Waals surface area (Å²) < 4.78 is 5.44. The molecule has 4 nitrogen and oxygen atoms in total. The zero-order valence-electron chi connectivity index (χ0n) is 15.2. The number of benzene rings is 2. The Hall–Kier alpha value is -1.82. The van der Waals surface area contributed by atoms with Gasteiger partial charge in [-0.25, -0.2) is 0 Å². The Labute approximate surface area is 159 Å². The average molecular weight is 371 g/mol. The predicted molar refractivity (Wildman–Crippen MR) is 108 cm³/mol. The van der Waals surface area contributed by atoms with Crippen molar-refractivity contribution < 1.29 is 9.53 Å². The van der Waals surface area contributed by atoms with Gasteiger partial charge in [-0.05, 0) is 29.5 Å². The molecule has 1 aliphatic rings. The van der Waals surface area contributed by atoms with E-state index in [2.05, 4.69) is 28.6 Å². The average Bonchev–Trinajstić information content (AvgIpc) is 2.70. The van der Waals surface area contributed by atoms with E-state index >= 15 is 0 Å². The Morgan fingerprint density at radius 1 is 1.12 bits per heavy atom. The summed E-state index contributed by atoms with van der Waals surface area (Å²) in [5.41, 5.74) is 3.08. The summed E-state index contributed by atoms with van der Waals surface area (Å²) in [6, 6.07) is 18.1. The largest absolute Gasteiger partial charge is 0.379 e. The zero-order valence-corrected chi connectivity index (χ0v) is 16.0. The first kappa shape index (κ1) is 19.0. The van der Waals surface area contributed by atoms with Crippen molar-refractivity contribution in [2.24, 2.45) is 0 Å². The van der Waals surface area contributed by atoms with Crippen LogP contribution >= 0.6 is 11.8 Å². The molecule has 138 valence electrons. The Morgan fingerprint density at radius 3 is 2.46 bits per heavy atom. The molecule has 1 N–H and O–H groups in total. The minimum absolute atomic E-state index is 0.0252.